The standard InChI is InChI=1S/C20H29N5O3S2/c1-13-11-14(2)18(15(3)12-13)30(27,28)25-8-5-17(6-9-25)19(26)21-7-10-29-20-22-16(4)23-24-20/h11-12,17H,5-10H2,1-4H3,(H,21,26)(H,22,23,24). The average Bonchev–Trinajstić information content (AvgIpc) is 3.09. The fourth-order valence-corrected chi connectivity index (χ4v) is 6.49. The van der Waals surface area contributed by atoms with Gasteiger partial charge >= 0.3 is 0 Å². The Bertz CT molecular complexity index is 988. The fraction of sp³-hybridized carbons (Fsp3) is 0.550. The van der Waals surface area contributed by atoms with Gasteiger partial charge in [0, 0.05) is 31.3 Å². The van der Waals surface area contributed by atoms with E-state index in [1.165, 1.54) is 16.1 Å². The van der Waals surface area contributed by atoms with Crippen molar-refractivity contribution in [1.29, 1.82) is 0 Å². The molecule has 2 heterocycles. The number of carbonyl (C=O) groups excluding carboxylic acids is 1. The highest BCUT2D eigenvalue weighted by Gasteiger charge is 2.33. The summed E-state index contributed by atoms with van der Waals surface area (Å²) in [5.41, 5.74) is 2.59. The lowest BCUT2D eigenvalue weighted by atomic mass is 9.97. The van der Waals surface area contributed by atoms with Crippen molar-refractivity contribution in [2.45, 2.75) is 50.6 Å². The van der Waals surface area contributed by atoms with Gasteiger partial charge in [-0.1, -0.05) is 29.5 Å². The molecule has 1 fully saturated rings. The van der Waals surface area contributed by atoms with E-state index in [4.69, 9.17) is 0 Å². The number of aromatic nitrogens is 3. The summed E-state index contributed by atoms with van der Waals surface area (Å²) in [6, 6.07) is 3.80. The number of amides is 1. The number of thioether (sulfide) groups is 1. The topological polar surface area (TPSA) is 108 Å². The number of piperidine rings is 1. The number of sulfonamides is 1. The molecule has 30 heavy (non-hydrogen) atoms. The molecule has 1 aliphatic heterocycles. The van der Waals surface area contributed by atoms with E-state index < -0.39 is 10.0 Å². The quantitative estimate of drug-likeness (QED) is 0.494. The van der Waals surface area contributed by atoms with E-state index in [2.05, 4.69) is 20.5 Å². The van der Waals surface area contributed by atoms with Gasteiger partial charge in [-0.15, -0.1) is 5.10 Å². The fourth-order valence-electron chi connectivity index (χ4n) is 3.91. The number of aromatic amines is 1. The molecule has 1 aromatic carbocycles. The first-order valence-electron chi connectivity index (χ1n) is 10.1. The predicted molar refractivity (Wildman–Crippen MR) is 117 cm³/mol. The van der Waals surface area contributed by atoms with Crippen LogP contribution in [0.25, 0.3) is 0 Å². The van der Waals surface area contributed by atoms with Gasteiger partial charge < -0.3 is 5.32 Å². The van der Waals surface area contributed by atoms with Crippen LogP contribution in [0, 0.1) is 33.6 Å². The molecule has 0 spiro atoms. The molecule has 1 saturated heterocycles. The number of H-pyrrole nitrogens is 1. The molecule has 0 aliphatic carbocycles. The van der Waals surface area contributed by atoms with Crippen molar-refractivity contribution in [3.63, 3.8) is 0 Å². The summed E-state index contributed by atoms with van der Waals surface area (Å²) < 4.78 is 27.9. The van der Waals surface area contributed by atoms with Gasteiger partial charge in [-0.2, -0.15) is 4.31 Å². The molecule has 1 aliphatic rings. The number of nitrogens with zero attached hydrogens (tertiary/aromatic N) is 3. The zero-order chi connectivity index (χ0) is 21.9. The SMILES string of the molecule is Cc1cc(C)c(S(=O)(=O)N2CCC(C(=O)NCCSc3n[nH]c(C)n3)CC2)c(C)c1. The zero-order valence-corrected chi connectivity index (χ0v) is 19.5. The Morgan fingerprint density at radius 1 is 1.20 bits per heavy atom. The van der Waals surface area contributed by atoms with Crippen LogP contribution in [0.2, 0.25) is 0 Å². The Morgan fingerprint density at radius 2 is 1.83 bits per heavy atom. The normalized spacial score (nSPS) is 16.0. The second-order valence-corrected chi connectivity index (χ2v) is 10.7. The molecule has 0 saturated carbocycles. The van der Waals surface area contributed by atoms with Crippen molar-refractivity contribution >= 4 is 27.7 Å². The molecule has 164 valence electrons. The maximum absolute atomic E-state index is 13.2. The van der Waals surface area contributed by atoms with Crippen LogP contribution in [-0.4, -0.2) is 59.2 Å². The Morgan fingerprint density at radius 3 is 2.40 bits per heavy atom. The largest absolute Gasteiger partial charge is 0.355 e. The van der Waals surface area contributed by atoms with E-state index in [0.717, 1.165) is 22.5 Å². The lowest BCUT2D eigenvalue weighted by Crippen LogP contribution is -2.43. The summed E-state index contributed by atoms with van der Waals surface area (Å²) in [6.07, 6.45) is 1.06. The predicted octanol–water partition coefficient (Wildman–Crippen LogP) is 2.35. The first-order chi connectivity index (χ1) is 14.2. The van der Waals surface area contributed by atoms with Crippen LogP contribution in [0.4, 0.5) is 0 Å². The monoisotopic (exact) mass is 451 g/mol. The molecule has 2 N–H and O–H groups in total. The summed E-state index contributed by atoms with van der Waals surface area (Å²) in [7, 11) is -3.56. The third-order valence-electron chi connectivity index (χ3n) is 5.24. The van der Waals surface area contributed by atoms with E-state index in [9.17, 15) is 13.2 Å². The molecule has 0 radical (unpaired) electrons. The van der Waals surface area contributed by atoms with Crippen molar-refractivity contribution in [2.75, 3.05) is 25.4 Å². The highest BCUT2D eigenvalue weighted by Crippen LogP contribution is 2.28. The summed E-state index contributed by atoms with van der Waals surface area (Å²) >= 11 is 1.48. The van der Waals surface area contributed by atoms with E-state index in [-0.39, 0.29) is 11.8 Å². The van der Waals surface area contributed by atoms with E-state index >= 15 is 0 Å². The molecule has 10 heteroatoms. The minimum absolute atomic E-state index is 0.0125. The molecule has 8 nitrogen and oxygen atoms in total. The highest BCUT2D eigenvalue weighted by atomic mass is 32.2. The van der Waals surface area contributed by atoms with Gasteiger partial charge in [0.2, 0.25) is 21.1 Å². The molecule has 3 rings (SSSR count). The summed E-state index contributed by atoms with van der Waals surface area (Å²) in [5, 5.41) is 10.4. The average molecular weight is 452 g/mol. The maximum atomic E-state index is 13.2. The van der Waals surface area contributed by atoms with E-state index in [1.807, 2.05) is 39.8 Å². The molecule has 2 aromatic rings. The molecular weight excluding hydrogens is 422 g/mol. The van der Waals surface area contributed by atoms with Gasteiger partial charge in [0.1, 0.15) is 5.82 Å². The second kappa shape index (κ2) is 9.49. The van der Waals surface area contributed by atoms with Crippen LogP contribution in [0.5, 0.6) is 0 Å². The molecule has 0 bridgehead atoms. The summed E-state index contributed by atoms with van der Waals surface area (Å²) in [4.78, 5) is 17.1. The number of nitrogens with one attached hydrogen (secondary N) is 2. The maximum Gasteiger partial charge on any atom is 0.243 e. The Hall–Kier alpha value is -1.91. The Balaban J connectivity index is 1.51. The van der Waals surface area contributed by atoms with Gasteiger partial charge in [-0.3, -0.25) is 9.89 Å². The number of hydrogen-bond acceptors (Lipinski definition) is 6. The van der Waals surface area contributed by atoms with Gasteiger partial charge in [0.25, 0.3) is 0 Å². The van der Waals surface area contributed by atoms with Gasteiger partial charge in [0.05, 0.1) is 4.90 Å². The first kappa shape index (κ1) is 22.8. The van der Waals surface area contributed by atoms with Gasteiger partial charge in [-0.25, -0.2) is 13.4 Å². The van der Waals surface area contributed by atoms with E-state index in [1.54, 1.807) is 0 Å². The number of benzene rings is 1. The number of aryl methyl sites for hydroxylation is 4. The lowest BCUT2D eigenvalue weighted by molar-refractivity contribution is -0.125. The van der Waals surface area contributed by atoms with Gasteiger partial charge in [0.15, 0.2) is 0 Å². The van der Waals surface area contributed by atoms with Crippen LogP contribution >= 0.6 is 11.8 Å². The molecule has 1 amide bonds. The smallest absolute Gasteiger partial charge is 0.243 e. The molecule has 0 atom stereocenters. The van der Waals surface area contributed by atoms with Crippen LogP contribution in [-0.2, 0) is 14.8 Å². The third-order valence-corrected chi connectivity index (χ3v) is 8.29. The first-order valence-corrected chi connectivity index (χ1v) is 12.5. The van der Waals surface area contributed by atoms with Crippen LogP contribution in [0.15, 0.2) is 22.2 Å². The molecule has 1 aromatic heterocycles. The molecule has 0 unspecified atom stereocenters. The number of carbonyl (C=O) groups is 1. The van der Waals surface area contributed by atoms with Crippen molar-refractivity contribution < 1.29 is 13.2 Å². The number of rotatable bonds is 7. The minimum Gasteiger partial charge on any atom is -0.355 e. The lowest BCUT2D eigenvalue weighted by Gasteiger charge is -2.31. The van der Waals surface area contributed by atoms with Crippen molar-refractivity contribution in [3.05, 3.63) is 34.6 Å². The summed E-state index contributed by atoms with van der Waals surface area (Å²) in [5.74, 6) is 1.27. The summed E-state index contributed by atoms with van der Waals surface area (Å²) in [6.45, 7) is 8.72. The third kappa shape index (κ3) is 5.22. The van der Waals surface area contributed by atoms with E-state index in [0.29, 0.717) is 48.3 Å². The second-order valence-electron chi connectivity index (χ2n) is 7.75. The van der Waals surface area contributed by atoms with Crippen LogP contribution in [0.1, 0.15) is 35.4 Å². The van der Waals surface area contributed by atoms with Crippen molar-refractivity contribution in [1.82, 2.24) is 24.8 Å². The van der Waals surface area contributed by atoms with Crippen molar-refractivity contribution in [3.8, 4) is 0 Å². The highest BCUT2D eigenvalue weighted by molar-refractivity contribution is 7.99. The van der Waals surface area contributed by atoms with Crippen LogP contribution in [0.3, 0.4) is 0 Å². The van der Waals surface area contributed by atoms with Gasteiger partial charge in [-0.05, 0) is 51.7 Å². The number of hydrogen-bond donors (Lipinski definition) is 2. The minimum atomic E-state index is -3.56. The van der Waals surface area contributed by atoms with Crippen LogP contribution < -0.4 is 5.32 Å². The van der Waals surface area contributed by atoms with Crippen molar-refractivity contribution in [2.24, 2.45) is 5.92 Å². The Kier molecular flexibility index (Phi) is 7.20. The zero-order valence-electron chi connectivity index (χ0n) is 17.9. The Labute approximate surface area is 182 Å². The molecular formula is C20H29N5O3S2.